The standard InChI is InChI=1S/C28H21F7INO4S/c29-26(27(30,31)32,28(33,34)35)18-5-10-22-16(14-18)4-11-23-25(22,42(40,41)21-8-6-19(36)7-9-21)12-13-37(23)20-3-1-2-17(15-20)24(38)39/h1-3,5-10,14-15,23H,4,11-13H2,(H,38,39)/t23-,25-/m1/s1. The Balaban J connectivity index is 1.73. The van der Waals surface area contributed by atoms with Gasteiger partial charge in [0, 0.05) is 21.4 Å². The quantitative estimate of drug-likeness (QED) is 0.223. The van der Waals surface area contributed by atoms with Crippen LogP contribution in [-0.4, -0.2) is 44.4 Å². The highest BCUT2D eigenvalue weighted by Gasteiger charge is 2.73. The van der Waals surface area contributed by atoms with Gasteiger partial charge in [0.1, 0.15) is 4.75 Å². The number of alkyl halides is 7. The second-order valence-electron chi connectivity index (χ2n) is 10.2. The summed E-state index contributed by atoms with van der Waals surface area (Å²) in [5.41, 5.74) is -7.13. The summed E-state index contributed by atoms with van der Waals surface area (Å²) < 4.78 is 124. The summed E-state index contributed by atoms with van der Waals surface area (Å²) in [7, 11) is -4.36. The second-order valence-corrected chi connectivity index (χ2v) is 13.7. The number of carboxylic acid groups (broad SMARTS) is 1. The van der Waals surface area contributed by atoms with E-state index in [9.17, 15) is 49.1 Å². The molecule has 1 heterocycles. The molecule has 1 aliphatic carbocycles. The molecule has 0 unspecified atom stereocenters. The van der Waals surface area contributed by atoms with E-state index in [1.165, 1.54) is 30.3 Å². The number of halogens is 8. The molecule has 1 saturated heterocycles. The van der Waals surface area contributed by atoms with Gasteiger partial charge in [0.25, 0.3) is 0 Å². The van der Waals surface area contributed by atoms with Crippen molar-refractivity contribution in [1.82, 2.24) is 0 Å². The van der Waals surface area contributed by atoms with Gasteiger partial charge in [0.15, 0.2) is 9.84 Å². The predicted octanol–water partition coefficient (Wildman–Crippen LogP) is 7.17. The van der Waals surface area contributed by atoms with Crippen LogP contribution in [0, 0.1) is 3.57 Å². The molecular formula is C28H21F7INO4S. The number of nitrogens with zero attached hydrogens (tertiary/aromatic N) is 1. The van der Waals surface area contributed by atoms with Crippen LogP contribution >= 0.6 is 22.6 Å². The minimum absolute atomic E-state index is 0.00959. The maximum Gasteiger partial charge on any atom is 0.435 e. The van der Waals surface area contributed by atoms with E-state index in [0.29, 0.717) is 17.8 Å². The third kappa shape index (κ3) is 4.47. The zero-order chi connectivity index (χ0) is 30.9. The molecule has 0 bridgehead atoms. The van der Waals surface area contributed by atoms with Gasteiger partial charge >= 0.3 is 24.0 Å². The van der Waals surface area contributed by atoms with E-state index in [2.05, 4.69) is 0 Å². The highest BCUT2D eigenvalue weighted by Crippen LogP contribution is 2.57. The van der Waals surface area contributed by atoms with Gasteiger partial charge < -0.3 is 10.0 Å². The highest BCUT2D eigenvalue weighted by atomic mass is 127. The lowest BCUT2D eigenvalue weighted by Crippen LogP contribution is -2.52. The summed E-state index contributed by atoms with van der Waals surface area (Å²) in [5.74, 6) is -1.21. The summed E-state index contributed by atoms with van der Waals surface area (Å²) >= 11 is 1.98. The number of fused-ring (bicyclic) bond motifs is 3. The molecular weight excluding hydrogens is 706 g/mol. The molecule has 3 aromatic carbocycles. The summed E-state index contributed by atoms with van der Waals surface area (Å²) in [6.07, 6.45) is -12.9. The van der Waals surface area contributed by atoms with Gasteiger partial charge in [-0.25, -0.2) is 17.6 Å². The van der Waals surface area contributed by atoms with E-state index in [4.69, 9.17) is 0 Å². The zero-order valence-corrected chi connectivity index (χ0v) is 24.3. The summed E-state index contributed by atoms with van der Waals surface area (Å²) in [4.78, 5) is 13.2. The molecule has 1 N–H and O–H groups in total. The molecule has 42 heavy (non-hydrogen) atoms. The molecule has 1 aliphatic heterocycles. The number of aryl methyl sites for hydroxylation is 1. The van der Waals surface area contributed by atoms with E-state index >= 15 is 0 Å². The van der Waals surface area contributed by atoms with Crippen LogP contribution in [0.1, 0.15) is 39.9 Å². The summed E-state index contributed by atoms with van der Waals surface area (Å²) in [5, 5.41) is 9.47. The lowest BCUT2D eigenvalue weighted by Gasteiger charge is -2.43. The van der Waals surface area contributed by atoms with Crippen molar-refractivity contribution in [2.75, 3.05) is 11.4 Å². The number of aromatic carboxylic acids is 1. The van der Waals surface area contributed by atoms with Crippen molar-refractivity contribution in [3.05, 3.63) is 92.6 Å². The Bertz CT molecular complexity index is 1640. The van der Waals surface area contributed by atoms with Crippen LogP contribution in [0.25, 0.3) is 0 Å². The SMILES string of the molecule is O=C(O)c1cccc(N2CC[C@@]3(S(=O)(=O)c4ccc(I)cc4)c4ccc(C(F)(C(F)(F)F)C(F)(F)F)cc4CC[C@@H]23)c1. The Morgan fingerprint density at radius 1 is 0.929 bits per heavy atom. The van der Waals surface area contributed by atoms with Crippen LogP contribution in [0.4, 0.5) is 36.4 Å². The van der Waals surface area contributed by atoms with Gasteiger partial charge in [-0.15, -0.1) is 0 Å². The molecule has 0 radical (unpaired) electrons. The van der Waals surface area contributed by atoms with Gasteiger partial charge in [-0.3, -0.25) is 0 Å². The molecule has 3 aromatic rings. The number of benzene rings is 3. The molecule has 224 valence electrons. The number of anilines is 1. The molecule has 14 heteroatoms. The van der Waals surface area contributed by atoms with Crippen molar-refractivity contribution in [2.45, 2.75) is 53.0 Å². The average molecular weight is 727 g/mol. The number of carboxylic acids is 1. The molecule has 2 aliphatic rings. The molecule has 5 rings (SSSR count). The summed E-state index contributed by atoms with van der Waals surface area (Å²) in [6.45, 7) is 0.0939. The molecule has 5 nitrogen and oxygen atoms in total. The van der Waals surface area contributed by atoms with Crippen LogP contribution in [-0.2, 0) is 26.7 Å². The van der Waals surface area contributed by atoms with Crippen molar-refractivity contribution in [3.8, 4) is 0 Å². The molecule has 0 aromatic heterocycles. The number of sulfone groups is 1. The normalized spacial score (nSPS) is 21.1. The lowest BCUT2D eigenvalue weighted by atomic mass is 9.76. The number of hydrogen-bond donors (Lipinski definition) is 1. The Morgan fingerprint density at radius 3 is 2.17 bits per heavy atom. The third-order valence-electron chi connectivity index (χ3n) is 8.09. The Morgan fingerprint density at radius 2 is 1.57 bits per heavy atom. The first-order valence-corrected chi connectivity index (χ1v) is 15.1. The number of hydrogen-bond acceptors (Lipinski definition) is 4. The van der Waals surface area contributed by atoms with Gasteiger partial charge in [-0.2, -0.15) is 26.3 Å². The van der Waals surface area contributed by atoms with Gasteiger partial charge in [-0.05, 0) is 95.4 Å². The maximum atomic E-state index is 15.0. The lowest BCUT2D eigenvalue weighted by molar-refractivity contribution is -0.348. The van der Waals surface area contributed by atoms with Crippen molar-refractivity contribution in [2.24, 2.45) is 0 Å². The molecule has 2 atom stereocenters. The van der Waals surface area contributed by atoms with E-state index in [1.807, 2.05) is 22.6 Å². The van der Waals surface area contributed by atoms with Gasteiger partial charge in [-0.1, -0.05) is 24.3 Å². The van der Waals surface area contributed by atoms with Crippen molar-refractivity contribution < 1.29 is 49.1 Å². The van der Waals surface area contributed by atoms with Crippen molar-refractivity contribution in [3.63, 3.8) is 0 Å². The van der Waals surface area contributed by atoms with E-state index in [1.54, 1.807) is 23.1 Å². The molecule has 0 saturated carbocycles. The molecule has 0 amide bonds. The fraction of sp³-hybridized carbons (Fsp3) is 0.321. The minimum atomic E-state index is -6.32. The monoisotopic (exact) mass is 727 g/mol. The van der Waals surface area contributed by atoms with Crippen LogP contribution < -0.4 is 4.90 Å². The first-order chi connectivity index (χ1) is 19.4. The maximum absolute atomic E-state index is 15.0. The van der Waals surface area contributed by atoms with Crippen LogP contribution in [0.3, 0.4) is 0 Å². The van der Waals surface area contributed by atoms with Gasteiger partial charge in [0.05, 0.1) is 16.5 Å². The van der Waals surface area contributed by atoms with Crippen LogP contribution in [0.15, 0.2) is 71.6 Å². The van der Waals surface area contributed by atoms with Crippen molar-refractivity contribution in [1.29, 1.82) is 0 Å². The number of rotatable bonds is 5. The molecule has 0 spiro atoms. The number of carbonyl (C=O) groups is 1. The van der Waals surface area contributed by atoms with E-state index in [-0.39, 0.29) is 47.4 Å². The topological polar surface area (TPSA) is 74.7 Å². The van der Waals surface area contributed by atoms with Crippen LogP contribution in [0.5, 0.6) is 0 Å². The largest absolute Gasteiger partial charge is 0.478 e. The minimum Gasteiger partial charge on any atom is -0.478 e. The Kier molecular flexibility index (Phi) is 7.35. The smallest absolute Gasteiger partial charge is 0.435 e. The Hall–Kier alpha value is -2.88. The fourth-order valence-electron chi connectivity index (χ4n) is 6.18. The fourth-order valence-corrected chi connectivity index (χ4v) is 8.91. The van der Waals surface area contributed by atoms with Crippen LogP contribution in [0.2, 0.25) is 0 Å². The Labute approximate surface area is 249 Å². The average Bonchev–Trinajstić information content (AvgIpc) is 3.33. The third-order valence-corrected chi connectivity index (χ3v) is 11.4. The first kappa shape index (κ1) is 30.6. The second kappa shape index (κ2) is 10.1. The predicted molar refractivity (Wildman–Crippen MR) is 147 cm³/mol. The van der Waals surface area contributed by atoms with Gasteiger partial charge in [0.2, 0.25) is 0 Å². The summed E-state index contributed by atoms with van der Waals surface area (Å²) in [6, 6.07) is 12.5. The zero-order valence-electron chi connectivity index (χ0n) is 21.3. The molecule has 1 fully saturated rings. The van der Waals surface area contributed by atoms with E-state index < -0.39 is 50.2 Å². The first-order valence-electron chi connectivity index (χ1n) is 12.5. The van der Waals surface area contributed by atoms with Crippen molar-refractivity contribution >= 4 is 44.1 Å². The highest BCUT2D eigenvalue weighted by molar-refractivity contribution is 14.1. The van der Waals surface area contributed by atoms with E-state index in [0.717, 1.165) is 9.64 Å².